The van der Waals surface area contributed by atoms with Crippen LogP contribution in [0.2, 0.25) is 0 Å². The number of carbonyl (C=O) groups excluding carboxylic acids is 1. The Hall–Kier alpha value is -3.02. The van der Waals surface area contributed by atoms with Crippen LogP contribution >= 0.6 is 0 Å². The molecule has 3 aromatic rings. The van der Waals surface area contributed by atoms with Gasteiger partial charge in [-0.15, -0.1) is 10.2 Å². The highest BCUT2D eigenvalue weighted by Gasteiger charge is 2.16. The first kappa shape index (κ1) is 18.8. The molecule has 1 atom stereocenters. The van der Waals surface area contributed by atoms with Gasteiger partial charge in [-0.25, -0.2) is 4.39 Å². The van der Waals surface area contributed by atoms with E-state index in [1.165, 1.54) is 12.1 Å². The van der Waals surface area contributed by atoms with Crippen molar-refractivity contribution in [3.63, 3.8) is 0 Å². The lowest BCUT2D eigenvalue weighted by molar-refractivity contribution is -0.121. The van der Waals surface area contributed by atoms with Crippen LogP contribution in [0.3, 0.4) is 0 Å². The summed E-state index contributed by atoms with van der Waals surface area (Å²) in [5.41, 5.74) is 1.81. The van der Waals surface area contributed by atoms with Crippen LogP contribution in [0.1, 0.15) is 43.6 Å². The van der Waals surface area contributed by atoms with E-state index in [-0.39, 0.29) is 24.2 Å². The number of amides is 1. The van der Waals surface area contributed by atoms with E-state index in [0.29, 0.717) is 18.2 Å². The summed E-state index contributed by atoms with van der Waals surface area (Å²) in [5.74, 6) is 0.463. The minimum absolute atomic E-state index is 0.0539. The zero-order valence-corrected chi connectivity index (χ0v) is 15.2. The number of nitrogens with one attached hydrogen (secondary N) is 1. The number of halogens is 1. The zero-order valence-electron chi connectivity index (χ0n) is 15.2. The lowest BCUT2D eigenvalue weighted by Crippen LogP contribution is -2.24. The Labute approximate surface area is 157 Å². The third-order valence-corrected chi connectivity index (χ3v) is 4.33. The number of carbonyl (C=O) groups is 1. The molecule has 27 heavy (non-hydrogen) atoms. The Kier molecular flexibility index (Phi) is 6.30. The molecule has 0 saturated carbocycles. The van der Waals surface area contributed by atoms with Gasteiger partial charge in [0, 0.05) is 12.0 Å². The fourth-order valence-electron chi connectivity index (χ4n) is 2.96. The predicted molar refractivity (Wildman–Crippen MR) is 100 cm³/mol. The van der Waals surface area contributed by atoms with Crippen molar-refractivity contribution in [2.24, 2.45) is 0 Å². The summed E-state index contributed by atoms with van der Waals surface area (Å²) < 4.78 is 18.7. The molecular weight excluding hydrogens is 345 g/mol. The number of aromatic nitrogens is 2. The van der Waals surface area contributed by atoms with Crippen molar-refractivity contribution >= 4 is 5.91 Å². The second kappa shape index (κ2) is 9.07. The second-order valence-corrected chi connectivity index (χ2v) is 6.38. The number of hydrogen-bond donors (Lipinski definition) is 1. The van der Waals surface area contributed by atoms with Crippen molar-refractivity contribution in [2.75, 3.05) is 0 Å². The maximum Gasteiger partial charge on any atom is 0.247 e. The zero-order chi connectivity index (χ0) is 19.1. The van der Waals surface area contributed by atoms with Crippen LogP contribution in [0.15, 0.2) is 59.0 Å². The molecule has 0 aliphatic rings. The average Bonchev–Trinajstić information content (AvgIpc) is 3.16. The van der Waals surface area contributed by atoms with Gasteiger partial charge in [-0.2, -0.15) is 0 Å². The molecule has 6 heteroatoms. The van der Waals surface area contributed by atoms with Crippen molar-refractivity contribution in [1.82, 2.24) is 15.5 Å². The van der Waals surface area contributed by atoms with Gasteiger partial charge < -0.3 is 9.73 Å². The molecule has 0 radical (unpaired) electrons. The fraction of sp³-hybridized carbons (Fsp3) is 0.286. The van der Waals surface area contributed by atoms with E-state index in [1.54, 1.807) is 12.1 Å². The third kappa shape index (κ3) is 5.23. The van der Waals surface area contributed by atoms with E-state index < -0.39 is 0 Å². The Balaban J connectivity index is 1.57. The van der Waals surface area contributed by atoms with Crippen molar-refractivity contribution in [3.05, 3.63) is 71.9 Å². The van der Waals surface area contributed by atoms with Gasteiger partial charge in [0.05, 0.1) is 6.54 Å². The van der Waals surface area contributed by atoms with E-state index >= 15 is 0 Å². The van der Waals surface area contributed by atoms with Crippen molar-refractivity contribution in [1.29, 1.82) is 0 Å². The summed E-state index contributed by atoms with van der Waals surface area (Å²) >= 11 is 0. The van der Waals surface area contributed by atoms with E-state index in [9.17, 15) is 9.18 Å². The fourth-order valence-corrected chi connectivity index (χ4v) is 2.96. The summed E-state index contributed by atoms with van der Waals surface area (Å²) in [6.07, 6.45) is 2.14. The van der Waals surface area contributed by atoms with Crippen LogP contribution in [-0.2, 0) is 11.3 Å². The molecule has 0 saturated heterocycles. The molecule has 0 bridgehead atoms. The predicted octanol–water partition coefficient (Wildman–Crippen LogP) is 4.47. The first-order chi connectivity index (χ1) is 13.2. The molecule has 0 spiro atoms. The highest BCUT2D eigenvalue weighted by molar-refractivity contribution is 5.76. The quantitative estimate of drug-likeness (QED) is 0.638. The van der Waals surface area contributed by atoms with Crippen LogP contribution in [0.5, 0.6) is 0 Å². The van der Waals surface area contributed by atoms with Crippen molar-refractivity contribution < 1.29 is 13.6 Å². The summed E-state index contributed by atoms with van der Waals surface area (Å²) in [6, 6.07) is 15.8. The summed E-state index contributed by atoms with van der Waals surface area (Å²) in [6.45, 7) is 2.25. The van der Waals surface area contributed by atoms with Crippen molar-refractivity contribution in [3.8, 4) is 11.5 Å². The average molecular weight is 367 g/mol. The van der Waals surface area contributed by atoms with Crippen LogP contribution in [-0.4, -0.2) is 16.1 Å². The molecule has 1 unspecified atom stereocenters. The number of benzene rings is 2. The molecule has 3 rings (SSSR count). The van der Waals surface area contributed by atoms with Gasteiger partial charge in [-0.3, -0.25) is 4.79 Å². The molecule has 2 aromatic carbocycles. The lowest BCUT2D eigenvalue weighted by Gasteiger charge is -2.16. The Morgan fingerprint density at radius 2 is 1.85 bits per heavy atom. The lowest BCUT2D eigenvalue weighted by atomic mass is 9.91. The molecule has 1 amide bonds. The van der Waals surface area contributed by atoms with Gasteiger partial charge in [0.25, 0.3) is 0 Å². The summed E-state index contributed by atoms with van der Waals surface area (Å²) in [4.78, 5) is 12.3. The number of nitrogens with zero attached hydrogens (tertiary/aromatic N) is 2. The molecule has 1 aromatic heterocycles. The number of rotatable bonds is 8. The summed E-state index contributed by atoms with van der Waals surface area (Å²) in [5, 5.41) is 10.8. The topological polar surface area (TPSA) is 68.0 Å². The van der Waals surface area contributed by atoms with E-state index in [4.69, 9.17) is 4.42 Å². The normalized spacial score (nSPS) is 11.9. The Morgan fingerprint density at radius 3 is 2.56 bits per heavy atom. The van der Waals surface area contributed by atoms with Gasteiger partial charge in [-0.1, -0.05) is 43.7 Å². The van der Waals surface area contributed by atoms with E-state index in [1.807, 2.05) is 30.3 Å². The van der Waals surface area contributed by atoms with Gasteiger partial charge in [0.2, 0.25) is 17.7 Å². The SMILES string of the molecule is CCCC(CC(=O)NCc1nnc(-c2ccccc2)o1)c1ccc(F)cc1. The van der Waals surface area contributed by atoms with Gasteiger partial charge >= 0.3 is 0 Å². The molecule has 1 heterocycles. The highest BCUT2D eigenvalue weighted by Crippen LogP contribution is 2.25. The van der Waals surface area contributed by atoms with E-state index in [2.05, 4.69) is 22.4 Å². The van der Waals surface area contributed by atoms with E-state index in [0.717, 1.165) is 24.0 Å². The Bertz CT molecular complexity index is 863. The minimum atomic E-state index is -0.274. The maximum absolute atomic E-state index is 13.1. The van der Waals surface area contributed by atoms with Crippen LogP contribution < -0.4 is 5.32 Å². The molecule has 140 valence electrons. The smallest absolute Gasteiger partial charge is 0.247 e. The van der Waals surface area contributed by atoms with Gasteiger partial charge in [0.15, 0.2) is 0 Å². The van der Waals surface area contributed by atoms with Gasteiger partial charge in [0.1, 0.15) is 5.82 Å². The molecule has 0 fully saturated rings. The molecule has 1 N–H and O–H groups in total. The van der Waals surface area contributed by atoms with Crippen molar-refractivity contribution in [2.45, 2.75) is 38.6 Å². The van der Waals surface area contributed by atoms with Crippen LogP contribution in [0.25, 0.3) is 11.5 Å². The minimum Gasteiger partial charge on any atom is -0.419 e. The maximum atomic E-state index is 13.1. The van der Waals surface area contributed by atoms with Crippen LogP contribution in [0.4, 0.5) is 4.39 Å². The standard InChI is InChI=1S/C21H22FN3O2/c1-2-6-17(15-9-11-18(22)12-10-15)13-19(26)23-14-20-24-25-21(27-20)16-7-4-3-5-8-16/h3-5,7-12,17H,2,6,13-14H2,1H3,(H,23,26). The molecule has 5 nitrogen and oxygen atoms in total. The summed E-state index contributed by atoms with van der Waals surface area (Å²) in [7, 11) is 0. The molecular formula is C21H22FN3O2. The number of hydrogen-bond acceptors (Lipinski definition) is 4. The van der Waals surface area contributed by atoms with Crippen LogP contribution in [0, 0.1) is 5.82 Å². The first-order valence-electron chi connectivity index (χ1n) is 9.05. The largest absolute Gasteiger partial charge is 0.419 e. The third-order valence-electron chi connectivity index (χ3n) is 4.33. The van der Waals surface area contributed by atoms with Gasteiger partial charge in [-0.05, 0) is 42.2 Å². The first-order valence-corrected chi connectivity index (χ1v) is 9.05. The Morgan fingerprint density at radius 1 is 1.11 bits per heavy atom. The molecule has 0 aliphatic heterocycles. The highest BCUT2D eigenvalue weighted by atomic mass is 19.1. The second-order valence-electron chi connectivity index (χ2n) is 6.38. The monoisotopic (exact) mass is 367 g/mol. The molecule has 0 aliphatic carbocycles.